The minimum Gasteiger partial charge on any atom is -0.350 e. The first kappa shape index (κ1) is 13.2. The van der Waals surface area contributed by atoms with Gasteiger partial charge in [0.1, 0.15) is 0 Å². The van der Waals surface area contributed by atoms with Gasteiger partial charge in [-0.05, 0) is 56.1 Å². The summed E-state index contributed by atoms with van der Waals surface area (Å²) in [5.41, 5.74) is 1.18. The average Bonchev–Trinajstić information content (AvgIpc) is 2.62. The summed E-state index contributed by atoms with van der Waals surface area (Å²) in [6, 6.07) is 2.11. The second-order valence-electron chi connectivity index (χ2n) is 4.86. The molecule has 0 bridgehead atoms. The van der Waals surface area contributed by atoms with Gasteiger partial charge in [0.2, 0.25) is 5.91 Å². The predicted molar refractivity (Wildman–Crippen MR) is 68.8 cm³/mol. The molecule has 0 saturated heterocycles. The van der Waals surface area contributed by atoms with Crippen molar-refractivity contribution >= 4 is 17.2 Å². The van der Waals surface area contributed by atoms with Crippen LogP contribution in [0.2, 0.25) is 0 Å². The van der Waals surface area contributed by atoms with E-state index in [4.69, 9.17) is 0 Å². The van der Waals surface area contributed by atoms with Gasteiger partial charge in [-0.15, -0.1) is 0 Å². The summed E-state index contributed by atoms with van der Waals surface area (Å²) in [5.74, 6) is 0.0535. The maximum Gasteiger partial charge on any atom is 0.234 e. The molecule has 0 aromatic carbocycles. The molecule has 16 heavy (non-hydrogen) atoms. The van der Waals surface area contributed by atoms with Crippen LogP contribution in [0.1, 0.15) is 26.3 Å². The molecule has 0 spiro atoms. The molecule has 1 aromatic rings. The molecule has 0 fully saturated rings. The van der Waals surface area contributed by atoms with Crippen LogP contribution < -0.4 is 10.6 Å². The third kappa shape index (κ3) is 5.88. The van der Waals surface area contributed by atoms with Gasteiger partial charge in [-0.25, -0.2) is 0 Å². The SMILES string of the molecule is CC(C)(C)NC(=O)CNCCc1ccsc1. The monoisotopic (exact) mass is 240 g/mol. The molecule has 0 aliphatic carbocycles. The Bertz CT molecular complexity index is 314. The largest absolute Gasteiger partial charge is 0.350 e. The molecule has 90 valence electrons. The van der Waals surface area contributed by atoms with E-state index in [1.54, 1.807) is 11.3 Å². The highest BCUT2D eigenvalue weighted by molar-refractivity contribution is 7.07. The number of thiophene rings is 1. The summed E-state index contributed by atoms with van der Waals surface area (Å²) in [7, 11) is 0. The predicted octanol–water partition coefficient (Wildman–Crippen LogP) is 1.79. The van der Waals surface area contributed by atoms with E-state index in [0.29, 0.717) is 6.54 Å². The normalized spacial score (nSPS) is 11.4. The van der Waals surface area contributed by atoms with Crippen molar-refractivity contribution in [2.75, 3.05) is 13.1 Å². The molecule has 1 aromatic heterocycles. The van der Waals surface area contributed by atoms with Crippen LogP contribution in [0.5, 0.6) is 0 Å². The third-order valence-corrected chi connectivity index (χ3v) is 2.70. The summed E-state index contributed by atoms with van der Waals surface area (Å²) >= 11 is 1.70. The van der Waals surface area contributed by atoms with Gasteiger partial charge in [0.05, 0.1) is 6.54 Å². The Morgan fingerprint density at radius 1 is 1.44 bits per heavy atom. The van der Waals surface area contributed by atoms with Gasteiger partial charge < -0.3 is 10.6 Å². The van der Waals surface area contributed by atoms with E-state index in [9.17, 15) is 4.79 Å². The van der Waals surface area contributed by atoms with Crippen molar-refractivity contribution in [2.24, 2.45) is 0 Å². The third-order valence-electron chi connectivity index (χ3n) is 1.97. The zero-order valence-corrected chi connectivity index (χ0v) is 11.0. The molecular formula is C12H20N2OS. The van der Waals surface area contributed by atoms with Gasteiger partial charge in [0, 0.05) is 5.54 Å². The highest BCUT2D eigenvalue weighted by Crippen LogP contribution is 2.05. The lowest BCUT2D eigenvalue weighted by atomic mass is 10.1. The Balaban J connectivity index is 2.09. The summed E-state index contributed by atoms with van der Waals surface area (Å²) in [6.07, 6.45) is 0.978. The first-order valence-corrected chi connectivity index (χ1v) is 6.44. The van der Waals surface area contributed by atoms with Crippen molar-refractivity contribution in [1.29, 1.82) is 0 Å². The van der Waals surface area contributed by atoms with E-state index < -0.39 is 0 Å². The number of rotatable bonds is 5. The van der Waals surface area contributed by atoms with E-state index in [2.05, 4.69) is 27.5 Å². The van der Waals surface area contributed by atoms with Gasteiger partial charge in [0.25, 0.3) is 0 Å². The van der Waals surface area contributed by atoms with Gasteiger partial charge in [0.15, 0.2) is 0 Å². The fourth-order valence-electron chi connectivity index (χ4n) is 1.33. The molecule has 1 heterocycles. The number of hydrogen-bond acceptors (Lipinski definition) is 3. The van der Waals surface area contributed by atoms with Crippen LogP contribution in [0, 0.1) is 0 Å². The lowest BCUT2D eigenvalue weighted by Gasteiger charge is -2.20. The second-order valence-corrected chi connectivity index (χ2v) is 5.64. The van der Waals surface area contributed by atoms with E-state index in [0.717, 1.165) is 13.0 Å². The molecule has 2 N–H and O–H groups in total. The molecule has 0 unspecified atom stereocenters. The standard InChI is InChI=1S/C12H20N2OS/c1-12(2,3)14-11(15)8-13-6-4-10-5-7-16-9-10/h5,7,9,13H,4,6,8H2,1-3H3,(H,14,15). The smallest absolute Gasteiger partial charge is 0.234 e. The highest BCUT2D eigenvalue weighted by Gasteiger charge is 2.12. The summed E-state index contributed by atoms with van der Waals surface area (Å²) in [6.45, 7) is 7.18. The fourth-order valence-corrected chi connectivity index (χ4v) is 2.04. The Labute approximate surface area is 101 Å². The average molecular weight is 240 g/mol. The van der Waals surface area contributed by atoms with E-state index in [-0.39, 0.29) is 11.4 Å². The van der Waals surface area contributed by atoms with Crippen LogP contribution in [-0.2, 0) is 11.2 Å². The molecule has 4 heteroatoms. The quantitative estimate of drug-likeness (QED) is 0.771. The number of nitrogens with one attached hydrogen (secondary N) is 2. The first-order chi connectivity index (χ1) is 7.47. The second kappa shape index (κ2) is 6.01. The van der Waals surface area contributed by atoms with Crippen molar-refractivity contribution < 1.29 is 4.79 Å². The molecule has 3 nitrogen and oxygen atoms in total. The zero-order valence-electron chi connectivity index (χ0n) is 10.2. The number of carbonyl (C=O) groups is 1. The Hall–Kier alpha value is -0.870. The van der Waals surface area contributed by atoms with Crippen LogP contribution in [-0.4, -0.2) is 24.5 Å². The van der Waals surface area contributed by atoms with Gasteiger partial charge in [-0.1, -0.05) is 0 Å². The fraction of sp³-hybridized carbons (Fsp3) is 0.583. The minimum absolute atomic E-state index is 0.0535. The Kier molecular flexibility index (Phi) is 4.96. The maximum absolute atomic E-state index is 11.4. The number of amides is 1. The highest BCUT2D eigenvalue weighted by atomic mass is 32.1. The van der Waals surface area contributed by atoms with E-state index in [1.807, 2.05) is 20.8 Å². The van der Waals surface area contributed by atoms with Crippen molar-refractivity contribution in [3.8, 4) is 0 Å². The lowest BCUT2D eigenvalue weighted by Crippen LogP contribution is -2.45. The molecular weight excluding hydrogens is 220 g/mol. The molecule has 0 saturated carbocycles. The zero-order chi connectivity index (χ0) is 12.0. The lowest BCUT2D eigenvalue weighted by molar-refractivity contribution is -0.121. The molecule has 1 rings (SSSR count). The van der Waals surface area contributed by atoms with E-state index >= 15 is 0 Å². The van der Waals surface area contributed by atoms with Crippen molar-refractivity contribution in [2.45, 2.75) is 32.7 Å². The van der Waals surface area contributed by atoms with Crippen LogP contribution in [0.3, 0.4) is 0 Å². The van der Waals surface area contributed by atoms with Crippen LogP contribution in [0.15, 0.2) is 16.8 Å². The summed E-state index contributed by atoms with van der Waals surface area (Å²) in [5, 5.41) is 10.3. The Morgan fingerprint density at radius 3 is 2.75 bits per heavy atom. The van der Waals surface area contributed by atoms with Crippen molar-refractivity contribution in [3.05, 3.63) is 22.4 Å². The topological polar surface area (TPSA) is 41.1 Å². The first-order valence-electron chi connectivity index (χ1n) is 5.50. The van der Waals surface area contributed by atoms with Crippen molar-refractivity contribution in [3.63, 3.8) is 0 Å². The van der Waals surface area contributed by atoms with Crippen LogP contribution in [0.25, 0.3) is 0 Å². The van der Waals surface area contributed by atoms with Crippen LogP contribution in [0.4, 0.5) is 0 Å². The molecule has 1 amide bonds. The van der Waals surface area contributed by atoms with E-state index in [1.165, 1.54) is 5.56 Å². The Morgan fingerprint density at radius 2 is 2.19 bits per heavy atom. The maximum atomic E-state index is 11.4. The van der Waals surface area contributed by atoms with Crippen LogP contribution >= 0.6 is 11.3 Å². The molecule has 0 radical (unpaired) electrons. The molecule has 0 aliphatic rings. The summed E-state index contributed by atoms with van der Waals surface area (Å²) < 4.78 is 0. The molecule has 0 aliphatic heterocycles. The molecule has 0 atom stereocenters. The number of carbonyl (C=O) groups excluding carboxylic acids is 1. The van der Waals surface area contributed by atoms with Crippen molar-refractivity contribution in [1.82, 2.24) is 10.6 Å². The summed E-state index contributed by atoms with van der Waals surface area (Å²) in [4.78, 5) is 11.4. The van der Waals surface area contributed by atoms with Gasteiger partial charge >= 0.3 is 0 Å². The number of hydrogen-bond donors (Lipinski definition) is 2. The van der Waals surface area contributed by atoms with Gasteiger partial charge in [-0.2, -0.15) is 11.3 Å². The minimum atomic E-state index is -0.147. The van der Waals surface area contributed by atoms with Gasteiger partial charge in [-0.3, -0.25) is 4.79 Å².